The van der Waals surface area contributed by atoms with E-state index in [1.807, 2.05) is 30.3 Å². The highest BCUT2D eigenvalue weighted by Gasteiger charge is 2.23. The van der Waals surface area contributed by atoms with Gasteiger partial charge >= 0.3 is 0 Å². The van der Waals surface area contributed by atoms with E-state index in [4.69, 9.17) is 16.3 Å². The molecule has 1 aromatic carbocycles. The van der Waals surface area contributed by atoms with Crippen molar-refractivity contribution >= 4 is 17.3 Å². The zero-order valence-corrected chi connectivity index (χ0v) is 12.5. The Morgan fingerprint density at radius 1 is 1.33 bits per heavy atom. The predicted molar refractivity (Wildman–Crippen MR) is 85.2 cm³/mol. The van der Waals surface area contributed by atoms with Gasteiger partial charge in [0, 0.05) is 36.5 Å². The second-order valence-electron chi connectivity index (χ2n) is 5.03. The molecule has 0 radical (unpaired) electrons. The Hall–Kier alpha value is -1.78. The van der Waals surface area contributed by atoms with Crippen LogP contribution in [0.5, 0.6) is 5.75 Å². The average molecular weight is 304 g/mol. The minimum atomic E-state index is 0.275. The maximum atomic E-state index is 6.10. The SMILES string of the molecule is Clc1cccc(N2CCNCC2COc2cccnc2)c1. The van der Waals surface area contributed by atoms with E-state index in [0.717, 1.165) is 36.1 Å². The number of nitrogens with one attached hydrogen (secondary N) is 1. The lowest BCUT2D eigenvalue weighted by molar-refractivity contribution is 0.266. The number of hydrogen-bond acceptors (Lipinski definition) is 4. The Morgan fingerprint density at radius 3 is 3.10 bits per heavy atom. The smallest absolute Gasteiger partial charge is 0.137 e. The Morgan fingerprint density at radius 2 is 2.29 bits per heavy atom. The lowest BCUT2D eigenvalue weighted by atomic mass is 10.1. The molecule has 1 aliphatic heterocycles. The summed E-state index contributed by atoms with van der Waals surface area (Å²) in [6.07, 6.45) is 3.48. The summed E-state index contributed by atoms with van der Waals surface area (Å²) in [4.78, 5) is 6.41. The predicted octanol–water partition coefficient (Wildman–Crippen LogP) is 2.59. The number of pyridine rings is 1. The van der Waals surface area contributed by atoms with Crippen LogP contribution in [0.2, 0.25) is 5.02 Å². The van der Waals surface area contributed by atoms with Gasteiger partial charge < -0.3 is 15.0 Å². The Bertz CT molecular complexity index is 579. The number of anilines is 1. The fraction of sp³-hybridized carbons (Fsp3) is 0.312. The van der Waals surface area contributed by atoms with Crippen LogP contribution in [-0.4, -0.2) is 37.3 Å². The summed E-state index contributed by atoms with van der Waals surface area (Å²) >= 11 is 6.10. The van der Waals surface area contributed by atoms with Gasteiger partial charge in [-0.15, -0.1) is 0 Å². The van der Waals surface area contributed by atoms with E-state index in [2.05, 4.69) is 21.3 Å². The highest BCUT2D eigenvalue weighted by atomic mass is 35.5. The zero-order chi connectivity index (χ0) is 14.5. The Balaban J connectivity index is 1.70. The molecule has 1 N–H and O–H groups in total. The number of benzene rings is 1. The van der Waals surface area contributed by atoms with Crippen molar-refractivity contribution in [2.24, 2.45) is 0 Å². The van der Waals surface area contributed by atoms with Crippen molar-refractivity contribution in [3.8, 4) is 5.75 Å². The highest BCUT2D eigenvalue weighted by Crippen LogP contribution is 2.22. The van der Waals surface area contributed by atoms with Crippen LogP contribution >= 0.6 is 11.6 Å². The topological polar surface area (TPSA) is 37.4 Å². The van der Waals surface area contributed by atoms with Gasteiger partial charge in [0.2, 0.25) is 0 Å². The molecule has 0 bridgehead atoms. The molecule has 1 saturated heterocycles. The van der Waals surface area contributed by atoms with E-state index < -0.39 is 0 Å². The van der Waals surface area contributed by atoms with Gasteiger partial charge in [0.15, 0.2) is 0 Å². The van der Waals surface area contributed by atoms with E-state index in [-0.39, 0.29) is 6.04 Å². The van der Waals surface area contributed by atoms with Crippen molar-refractivity contribution in [3.05, 3.63) is 53.8 Å². The van der Waals surface area contributed by atoms with Gasteiger partial charge in [0.05, 0.1) is 12.2 Å². The van der Waals surface area contributed by atoms with Crippen molar-refractivity contribution in [2.45, 2.75) is 6.04 Å². The molecular weight excluding hydrogens is 286 g/mol. The minimum Gasteiger partial charge on any atom is -0.490 e. The van der Waals surface area contributed by atoms with Crippen molar-refractivity contribution in [3.63, 3.8) is 0 Å². The largest absolute Gasteiger partial charge is 0.490 e. The number of rotatable bonds is 4. The first kappa shape index (κ1) is 14.2. The van der Waals surface area contributed by atoms with Crippen LogP contribution < -0.4 is 15.0 Å². The lowest BCUT2D eigenvalue weighted by Gasteiger charge is -2.37. The number of halogens is 1. The monoisotopic (exact) mass is 303 g/mol. The standard InChI is InChI=1S/C16H18ClN3O/c17-13-3-1-4-14(9-13)20-8-7-19-10-15(20)12-21-16-5-2-6-18-11-16/h1-6,9,11,15,19H,7-8,10,12H2. The third kappa shape index (κ3) is 3.65. The number of nitrogens with zero attached hydrogens (tertiary/aromatic N) is 2. The third-order valence-electron chi connectivity index (χ3n) is 3.57. The molecule has 1 unspecified atom stereocenters. The molecule has 21 heavy (non-hydrogen) atoms. The van der Waals surface area contributed by atoms with E-state index >= 15 is 0 Å². The quantitative estimate of drug-likeness (QED) is 0.942. The molecule has 5 heteroatoms. The van der Waals surface area contributed by atoms with Crippen LogP contribution in [0.15, 0.2) is 48.8 Å². The molecule has 2 aromatic rings. The molecule has 0 saturated carbocycles. The second kappa shape index (κ2) is 6.78. The van der Waals surface area contributed by atoms with Crippen molar-refractivity contribution in [2.75, 3.05) is 31.1 Å². The molecule has 0 aliphatic carbocycles. The molecule has 0 spiro atoms. The summed E-state index contributed by atoms with van der Waals surface area (Å²) in [6, 6.07) is 12.1. The number of ether oxygens (including phenoxy) is 1. The van der Waals surface area contributed by atoms with Crippen LogP contribution in [0.1, 0.15) is 0 Å². The third-order valence-corrected chi connectivity index (χ3v) is 3.80. The zero-order valence-electron chi connectivity index (χ0n) is 11.7. The number of hydrogen-bond donors (Lipinski definition) is 1. The van der Waals surface area contributed by atoms with Crippen molar-refractivity contribution in [1.82, 2.24) is 10.3 Å². The molecule has 2 heterocycles. The first-order valence-corrected chi connectivity index (χ1v) is 7.46. The Labute approximate surface area is 129 Å². The van der Waals surface area contributed by atoms with Gasteiger partial charge in [-0.25, -0.2) is 0 Å². The minimum absolute atomic E-state index is 0.275. The summed E-state index contributed by atoms with van der Waals surface area (Å²) in [7, 11) is 0. The average Bonchev–Trinajstić information content (AvgIpc) is 2.54. The lowest BCUT2D eigenvalue weighted by Crippen LogP contribution is -2.54. The number of piperazine rings is 1. The molecule has 1 aliphatic rings. The molecule has 1 atom stereocenters. The maximum Gasteiger partial charge on any atom is 0.137 e. The van der Waals surface area contributed by atoms with Crippen molar-refractivity contribution in [1.29, 1.82) is 0 Å². The van der Waals surface area contributed by atoms with Gasteiger partial charge in [0.25, 0.3) is 0 Å². The Kier molecular flexibility index (Phi) is 4.58. The normalized spacial score (nSPS) is 18.5. The fourth-order valence-electron chi connectivity index (χ4n) is 2.53. The van der Waals surface area contributed by atoms with Gasteiger partial charge in [-0.2, -0.15) is 0 Å². The molecule has 3 rings (SSSR count). The van der Waals surface area contributed by atoms with Gasteiger partial charge in [-0.3, -0.25) is 4.98 Å². The van der Waals surface area contributed by atoms with Gasteiger partial charge in [-0.1, -0.05) is 17.7 Å². The summed E-state index contributed by atoms with van der Waals surface area (Å²) < 4.78 is 5.85. The van der Waals surface area contributed by atoms with Crippen LogP contribution in [0.25, 0.3) is 0 Å². The molecule has 110 valence electrons. The van der Waals surface area contributed by atoms with Gasteiger partial charge in [0.1, 0.15) is 12.4 Å². The molecule has 1 aromatic heterocycles. The van der Waals surface area contributed by atoms with Gasteiger partial charge in [-0.05, 0) is 30.3 Å². The highest BCUT2D eigenvalue weighted by molar-refractivity contribution is 6.30. The van der Waals surface area contributed by atoms with Crippen LogP contribution in [-0.2, 0) is 0 Å². The molecule has 1 fully saturated rings. The van der Waals surface area contributed by atoms with E-state index in [9.17, 15) is 0 Å². The van der Waals surface area contributed by atoms with E-state index in [1.165, 1.54) is 0 Å². The molecule has 4 nitrogen and oxygen atoms in total. The maximum absolute atomic E-state index is 6.10. The van der Waals surface area contributed by atoms with Crippen molar-refractivity contribution < 1.29 is 4.74 Å². The van der Waals surface area contributed by atoms with Crippen LogP contribution in [0.3, 0.4) is 0 Å². The summed E-state index contributed by atoms with van der Waals surface area (Å²) in [5.41, 5.74) is 1.14. The first-order chi connectivity index (χ1) is 10.3. The summed E-state index contributed by atoms with van der Waals surface area (Å²) in [6.45, 7) is 3.43. The fourth-order valence-corrected chi connectivity index (χ4v) is 2.71. The summed E-state index contributed by atoms with van der Waals surface area (Å²) in [5.74, 6) is 0.800. The van der Waals surface area contributed by atoms with Crippen LogP contribution in [0, 0.1) is 0 Å². The van der Waals surface area contributed by atoms with E-state index in [1.54, 1.807) is 12.4 Å². The summed E-state index contributed by atoms with van der Waals surface area (Å²) in [5, 5.41) is 4.18. The second-order valence-corrected chi connectivity index (χ2v) is 5.47. The molecule has 0 amide bonds. The van der Waals surface area contributed by atoms with Crippen LogP contribution in [0.4, 0.5) is 5.69 Å². The molecular formula is C16H18ClN3O. The number of aromatic nitrogens is 1. The first-order valence-electron chi connectivity index (χ1n) is 7.09. The van der Waals surface area contributed by atoms with E-state index in [0.29, 0.717) is 6.61 Å².